The molecular weight excluding hydrogens is 310 g/mol. The van der Waals surface area contributed by atoms with Crippen LogP contribution in [0.3, 0.4) is 0 Å². The zero-order valence-electron chi connectivity index (χ0n) is 14.1. The van der Waals surface area contributed by atoms with Crippen molar-refractivity contribution in [1.29, 1.82) is 0 Å². The number of furan rings is 1. The second-order valence-electron chi connectivity index (χ2n) is 5.97. The Balaban J connectivity index is 1.46. The topological polar surface area (TPSA) is 85.4 Å². The molecule has 8 nitrogen and oxygen atoms in total. The molecule has 130 valence electrons. The summed E-state index contributed by atoms with van der Waals surface area (Å²) in [5, 5.41) is 7.23. The van der Waals surface area contributed by atoms with Crippen molar-refractivity contribution in [2.24, 2.45) is 0 Å². The lowest BCUT2D eigenvalue weighted by Crippen LogP contribution is -2.48. The average molecular weight is 333 g/mol. The van der Waals surface area contributed by atoms with E-state index in [1.807, 2.05) is 30.7 Å². The number of nitrogens with one attached hydrogen (secondary N) is 1. The van der Waals surface area contributed by atoms with Gasteiger partial charge in [-0.3, -0.25) is 9.69 Å². The fourth-order valence-corrected chi connectivity index (χ4v) is 2.82. The van der Waals surface area contributed by atoms with Gasteiger partial charge in [0.1, 0.15) is 17.4 Å². The summed E-state index contributed by atoms with van der Waals surface area (Å²) < 4.78 is 12.9. The smallest absolute Gasteiger partial charge is 0.234 e. The van der Waals surface area contributed by atoms with Crippen molar-refractivity contribution in [3.63, 3.8) is 0 Å². The predicted octanol–water partition coefficient (Wildman–Crippen LogP) is 0.505. The van der Waals surface area contributed by atoms with E-state index in [-0.39, 0.29) is 12.0 Å². The highest BCUT2D eigenvalue weighted by Gasteiger charge is 2.23. The van der Waals surface area contributed by atoms with Crippen molar-refractivity contribution in [3.05, 3.63) is 35.8 Å². The van der Waals surface area contributed by atoms with E-state index in [1.54, 1.807) is 6.26 Å². The number of ether oxygens (including phenoxy) is 1. The minimum absolute atomic E-state index is 0.0106. The van der Waals surface area contributed by atoms with Crippen LogP contribution in [0.2, 0.25) is 0 Å². The van der Waals surface area contributed by atoms with E-state index in [4.69, 9.17) is 9.15 Å². The van der Waals surface area contributed by atoms with Crippen molar-refractivity contribution in [1.82, 2.24) is 25.0 Å². The van der Waals surface area contributed by atoms with Crippen molar-refractivity contribution >= 4 is 5.91 Å². The fraction of sp³-hybridized carbons (Fsp3) is 0.562. The molecule has 0 bridgehead atoms. The third-order valence-corrected chi connectivity index (χ3v) is 3.97. The Morgan fingerprint density at radius 2 is 2.33 bits per heavy atom. The molecule has 3 rings (SSSR count). The zero-order chi connectivity index (χ0) is 16.9. The number of morpholine rings is 1. The molecule has 2 aromatic rings. The first-order valence-corrected chi connectivity index (χ1v) is 8.11. The van der Waals surface area contributed by atoms with Gasteiger partial charge in [-0.05, 0) is 26.0 Å². The third-order valence-electron chi connectivity index (χ3n) is 3.97. The van der Waals surface area contributed by atoms with Gasteiger partial charge in [0.25, 0.3) is 0 Å². The number of aromatic nitrogens is 3. The zero-order valence-corrected chi connectivity index (χ0v) is 14.1. The number of carbonyl (C=O) groups is 1. The molecule has 1 fully saturated rings. The van der Waals surface area contributed by atoms with Crippen LogP contribution in [-0.4, -0.2) is 57.9 Å². The van der Waals surface area contributed by atoms with Gasteiger partial charge in [-0.2, -0.15) is 5.10 Å². The Labute approximate surface area is 140 Å². The highest BCUT2D eigenvalue weighted by Crippen LogP contribution is 2.09. The molecule has 1 N–H and O–H groups in total. The second kappa shape index (κ2) is 7.59. The number of aryl methyl sites for hydroxylation is 2. The maximum absolute atomic E-state index is 12.1. The molecular formula is C16H23N5O3. The SMILES string of the molecule is Cc1nc(C)n(CC2CN(CC(=O)NCc3ccco3)CCO2)n1. The monoisotopic (exact) mass is 333 g/mol. The van der Waals surface area contributed by atoms with E-state index >= 15 is 0 Å². The van der Waals surface area contributed by atoms with Crippen LogP contribution in [-0.2, 0) is 22.6 Å². The Kier molecular flexibility index (Phi) is 5.27. The van der Waals surface area contributed by atoms with Gasteiger partial charge in [0.15, 0.2) is 0 Å². The number of rotatable bonds is 6. The van der Waals surface area contributed by atoms with Crippen molar-refractivity contribution in [2.75, 3.05) is 26.2 Å². The average Bonchev–Trinajstić information content (AvgIpc) is 3.16. The molecule has 2 aromatic heterocycles. The van der Waals surface area contributed by atoms with Gasteiger partial charge in [0, 0.05) is 13.1 Å². The normalized spacial score (nSPS) is 18.7. The van der Waals surface area contributed by atoms with E-state index in [9.17, 15) is 4.79 Å². The van der Waals surface area contributed by atoms with Gasteiger partial charge < -0.3 is 14.5 Å². The standard InChI is InChI=1S/C16H23N5O3/c1-12-18-13(2)21(19-12)10-15-9-20(5-7-24-15)11-16(22)17-8-14-4-3-6-23-14/h3-4,6,15H,5,7-11H2,1-2H3,(H,17,22). The summed E-state index contributed by atoms with van der Waals surface area (Å²) in [7, 11) is 0. The highest BCUT2D eigenvalue weighted by molar-refractivity contribution is 5.77. The molecule has 1 aliphatic heterocycles. The van der Waals surface area contributed by atoms with Gasteiger partial charge in [0.2, 0.25) is 5.91 Å². The van der Waals surface area contributed by atoms with Crippen LogP contribution >= 0.6 is 0 Å². The summed E-state index contributed by atoms with van der Waals surface area (Å²) in [4.78, 5) is 18.5. The fourth-order valence-electron chi connectivity index (χ4n) is 2.82. The summed E-state index contributed by atoms with van der Waals surface area (Å²) in [6.45, 7) is 7.29. The minimum atomic E-state index is -0.0140. The van der Waals surface area contributed by atoms with Crippen molar-refractivity contribution in [2.45, 2.75) is 33.0 Å². The van der Waals surface area contributed by atoms with Crippen LogP contribution in [0, 0.1) is 13.8 Å². The van der Waals surface area contributed by atoms with E-state index in [0.717, 1.165) is 24.0 Å². The minimum Gasteiger partial charge on any atom is -0.467 e. The maximum Gasteiger partial charge on any atom is 0.234 e. The molecule has 1 aliphatic rings. The van der Waals surface area contributed by atoms with Crippen LogP contribution in [0.15, 0.2) is 22.8 Å². The summed E-state index contributed by atoms with van der Waals surface area (Å²) in [5.41, 5.74) is 0. The molecule has 0 radical (unpaired) electrons. The van der Waals surface area contributed by atoms with Gasteiger partial charge in [-0.25, -0.2) is 9.67 Å². The molecule has 0 aromatic carbocycles. The van der Waals surface area contributed by atoms with E-state index < -0.39 is 0 Å². The predicted molar refractivity (Wildman–Crippen MR) is 86.2 cm³/mol. The van der Waals surface area contributed by atoms with Gasteiger partial charge in [0.05, 0.1) is 38.6 Å². The summed E-state index contributed by atoms with van der Waals surface area (Å²) >= 11 is 0. The number of hydrogen-bond acceptors (Lipinski definition) is 6. The first-order chi connectivity index (χ1) is 11.6. The first kappa shape index (κ1) is 16.7. The number of nitrogens with zero attached hydrogens (tertiary/aromatic N) is 4. The van der Waals surface area contributed by atoms with Crippen LogP contribution in [0.1, 0.15) is 17.4 Å². The molecule has 1 amide bonds. The summed E-state index contributed by atoms with van der Waals surface area (Å²) in [5.74, 6) is 2.38. The van der Waals surface area contributed by atoms with Crippen molar-refractivity contribution in [3.8, 4) is 0 Å². The Morgan fingerprint density at radius 1 is 1.46 bits per heavy atom. The number of amides is 1. The number of carbonyl (C=O) groups excluding carboxylic acids is 1. The summed E-state index contributed by atoms with van der Waals surface area (Å²) in [6.07, 6.45) is 1.61. The first-order valence-electron chi connectivity index (χ1n) is 8.11. The van der Waals surface area contributed by atoms with E-state index in [0.29, 0.717) is 32.8 Å². The molecule has 1 atom stereocenters. The molecule has 0 spiro atoms. The van der Waals surface area contributed by atoms with Crippen LogP contribution < -0.4 is 5.32 Å². The third kappa shape index (κ3) is 4.42. The van der Waals surface area contributed by atoms with Crippen LogP contribution in [0.4, 0.5) is 0 Å². The largest absolute Gasteiger partial charge is 0.467 e. The van der Waals surface area contributed by atoms with Gasteiger partial charge in [-0.15, -0.1) is 0 Å². The lowest BCUT2D eigenvalue weighted by molar-refractivity contribution is -0.124. The van der Waals surface area contributed by atoms with Crippen molar-refractivity contribution < 1.29 is 13.9 Å². The second-order valence-corrected chi connectivity index (χ2v) is 5.97. The molecule has 0 saturated carbocycles. The summed E-state index contributed by atoms with van der Waals surface area (Å²) in [6, 6.07) is 3.65. The van der Waals surface area contributed by atoms with Crippen LogP contribution in [0.5, 0.6) is 0 Å². The lowest BCUT2D eigenvalue weighted by Gasteiger charge is -2.32. The van der Waals surface area contributed by atoms with Gasteiger partial charge >= 0.3 is 0 Å². The highest BCUT2D eigenvalue weighted by atomic mass is 16.5. The molecule has 1 saturated heterocycles. The molecule has 1 unspecified atom stereocenters. The molecule has 3 heterocycles. The molecule has 8 heteroatoms. The van der Waals surface area contributed by atoms with Gasteiger partial charge in [-0.1, -0.05) is 0 Å². The lowest BCUT2D eigenvalue weighted by atomic mass is 10.2. The Hall–Kier alpha value is -2.19. The van der Waals surface area contributed by atoms with E-state index in [2.05, 4.69) is 20.3 Å². The Bertz CT molecular complexity index is 667. The van der Waals surface area contributed by atoms with E-state index in [1.165, 1.54) is 0 Å². The Morgan fingerprint density at radius 3 is 3.04 bits per heavy atom. The molecule has 0 aliphatic carbocycles. The number of hydrogen-bond donors (Lipinski definition) is 1. The van der Waals surface area contributed by atoms with Crippen LogP contribution in [0.25, 0.3) is 0 Å². The maximum atomic E-state index is 12.1. The molecule has 24 heavy (non-hydrogen) atoms. The quantitative estimate of drug-likeness (QED) is 0.829.